The lowest BCUT2D eigenvalue weighted by atomic mass is 10.2. The van der Waals surface area contributed by atoms with Gasteiger partial charge in [0, 0.05) is 0 Å². The molecule has 0 aliphatic rings. The smallest absolute Gasteiger partial charge is 0.386 e. The monoisotopic (exact) mass is 463 g/mol. The molecule has 0 aliphatic heterocycles. The number of ether oxygens (including phenoxy) is 4. The molecule has 0 N–H and O–H groups in total. The maximum Gasteiger partial charge on any atom is 0.611 e. The number of benzene rings is 4. The van der Waals surface area contributed by atoms with Gasteiger partial charge in [-0.1, -0.05) is 0 Å². The zero-order valence-electron chi connectivity index (χ0n) is 17.5. The largest absolute Gasteiger partial charge is 0.611 e. The number of hydrogen-bond donors (Lipinski definition) is 0. The predicted octanol–water partition coefficient (Wildman–Crippen LogP) is 6.20. The van der Waals surface area contributed by atoms with E-state index in [1.807, 2.05) is 6.07 Å². The standard InChI is InChI=1S/C26H16F3NO4/c27-19-3-11-23(12-4-19)32-26(33-24-13-5-20(28)6-14-24,34-25-15-7-21(29)8-16-25)31-22-9-1-18(17-30)2-10-22/h1-16H. The summed E-state index contributed by atoms with van der Waals surface area (Å²) in [6.45, 7) is 0. The van der Waals surface area contributed by atoms with Crippen LogP contribution in [0.1, 0.15) is 5.56 Å². The summed E-state index contributed by atoms with van der Waals surface area (Å²) in [6, 6.07) is 22.9. The second-order valence-electron chi connectivity index (χ2n) is 6.91. The fraction of sp³-hybridized carbons (Fsp3) is 0.0385. The highest BCUT2D eigenvalue weighted by atomic mass is 19.1. The molecule has 5 nitrogen and oxygen atoms in total. The Kier molecular flexibility index (Phi) is 6.55. The van der Waals surface area contributed by atoms with Gasteiger partial charge in [0.05, 0.1) is 11.6 Å². The van der Waals surface area contributed by atoms with E-state index in [2.05, 4.69) is 0 Å². The first kappa shape index (κ1) is 22.6. The minimum atomic E-state index is -2.36. The summed E-state index contributed by atoms with van der Waals surface area (Å²) in [5.41, 5.74) is 0.385. The van der Waals surface area contributed by atoms with Crippen LogP contribution in [0.3, 0.4) is 0 Å². The van der Waals surface area contributed by atoms with Crippen LogP contribution in [0.4, 0.5) is 13.2 Å². The summed E-state index contributed by atoms with van der Waals surface area (Å²) in [6.07, 6.45) is -2.36. The van der Waals surface area contributed by atoms with Crippen molar-refractivity contribution in [3.8, 4) is 29.1 Å². The summed E-state index contributed by atoms with van der Waals surface area (Å²) in [7, 11) is 0. The van der Waals surface area contributed by atoms with E-state index in [9.17, 15) is 13.2 Å². The van der Waals surface area contributed by atoms with Crippen LogP contribution in [0.15, 0.2) is 97.1 Å². The quantitative estimate of drug-likeness (QED) is 0.291. The minimum absolute atomic E-state index is 0.110. The SMILES string of the molecule is N#Cc1ccc(OC(Oc2ccc(F)cc2)(Oc2ccc(F)cc2)Oc2ccc(F)cc2)cc1. The van der Waals surface area contributed by atoms with Crippen molar-refractivity contribution >= 4 is 0 Å². The molecule has 170 valence electrons. The number of nitrogens with zero attached hydrogens (tertiary/aromatic N) is 1. The van der Waals surface area contributed by atoms with E-state index in [1.54, 1.807) is 0 Å². The Morgan fingerprint density at radius 3 is 1.00 bits per heavy atom. The minimum Gasteiger partial charge on any atom is -0.386 e. The van der Waals surface area contributed by atoms with Crippen molar-refractivity contribution in [3.63, 3.8) is 0 Å². The van der Waals surface area contributed by atoms with Gasteiger partial charge >= 0.3 is 6.16 Å². The van der Waals surface area contributed by atoms with Crippen LogP contribution in [0.2, 0.25) is 0 Å². The van der Waals surface area contributed by atoms with Crippen LogP contribution in [-0.4, -0.2) is 6.16 Å². The Balaban J connectivity index is 1.77. The van der Waals surface area contributed by atoms with E-state index in [1.165, 1.54) is 60.7 Å². The maximum atomic E-state index is 13.5. The zero-order valence-corrected chi connectivity index (χ0v) is 17.5. The summed E-state index contributed by atoms with van der Waals surface area (Å²) in [5, 5.41) is 9.06. The molecule has 0 amide bonds. The van der Waals surface area contributed by atoms with E-state index in [4.69, 9.17) is 24.2 Å². The Hall–Kier alpha value is -4.64. The molecule has 8 heteroatoms. The molecule has 4 aromatic carbocycles. The third kappa shape index (κ3) is 5.78. The Bertz CT molecular complexity index is 1150. The maximum absolute atomic E-state index is 13.5. The van der Waals surface area contributed by atoms with E-state index in [0.717, 1.165) is 36.4 Å². The van der Waals surface area contributed by atoms with Crippen molar-refractivity contribution in [1.82, 2.24) is 0 Å². The van der Waals surface area contributed by atoms with E-state index in [0.29, 0.717) is 5.56 Å². The molecular formula is C26H16F3NO4. The summed E-state index contributed by atoms with van der Waals surface area (Å²) in [5.74, 6) is -0.970. The molecule has 0 radical (unpaired) electrons. The van der Waals surface area contributed by atoms with Gasteiger partial charge < -0.3 is 18.9 Å². The Morgan fingerprint density at radius 2 is 0.735 bits per heavy atom. The molecule has 0 aromatic heterocycles. The van der Waals surface area contributed by atoms with Crippen LogP contribution in [0.5, 0.6) is 23.0 Å². The average Bonchev–Trinajstić information content (AvgIpc) is 2.84. The van der Waals surface area contributed by atoms with Crippen LogP contribution < -0.4 is 18.9 Å². The van der Waals surface area contributed by atoms with Crippen molar-refractivity contribution < 1.29 is 32.1 Å². The van der Waals surface area contributed by atoms with E-state index < -0.39 is 23.6 Å². The van der Waals surface area contributed by atoms with Crippen LogP contribution in [0, 0.1) is 28.8 Å². The van der Waals surface area contributed by atoms with Gasteiger partial charge in [0.25, 0.3) is 0 Å². The van der Waals surface area contributed by atoms with E-state index >= 15 is 0 Å². The highest BCUT2D eigenvalue weighted by molar-refractivity contribution is 5.35. The fourth-order valence-electron chi connectivity index (χ4n) is 2.81. The van der Waals surface area contributed by atoms with Gasteiger partial charge in [0.15, 0.2) is 0 Å². The van der Waals surface area contributed by atoms with Gasteiger partial charge in [0.1, 0.15) is 40.4 Å². The first-order chi connectivity index (χ1) is 16.4. The number of hydrogen-bond acceptors (Lipinski definition) is 5. The second-order valence-corrected chi connectivity index (χ2v) is 6.91. The zero-order chi connectivity index (χ0) is 24.0. The normalized spacial score (nSPS) is 10.8. The molecular weight excluding hydrogens is 447 g/mol. The molecule has 0 unspecified atom stereocenters. The number of nitriles is 1. The third-order valence-corrected chi connectivity index (χ3v) is 4.40. The van der Waals surface area contributed by atoms with Gasteiger partial charge in [-0.3, -0.25) is 0 Å². The van der Waals surface area contributed by atoms with Gasteiger partial charge in [0.2, 0.25) is 0 Å². The Morgan fingerprint density at radius 1 is 0.471 bits per heavy atom. The van der Waals surface area contributed by atoms with Crippen molar-refractivity contribution in [2.45, 2.75) is 6.16 Å². The van der Waals surface area contributed by atoms with Crippen LogP contribution in [-0.2, 0) is 0 Å². The average molecular weight is 463 g/mol. The molecule has 4 rings (SSSR count). The second kappa shape index (κ2) is 9.88. The lowest BCUT2D eigenvalue weighted by Crippen LogP contribution is -2.53. The summed E-state index contributed by atoms with van der Waals surface area (Å²) >= 11 is 0. The van der Waals surface area contributed by atoms with Crippen molar-refractivity contribution in [1.29, 1.82) is 5.26 Å². The molecule has 0 atom stereocenters. The highest BCUT2D eigenvalue weighted by Gasteiger charge is 2.44. The van der Waals surface area contributed by atoms with Gasteiger partial charge in [-0.25, -0.2) is 13.2 Å². The highest BCUT2D eigenvalue weighted by Crippen LogP contribution is 2.30. The first-order valence-electron chi connectivity index (χ1n) is 9.96. The predicted molar refractivity (Wildman–Crippen MR) is 116 cm³/mol. The van der Waals surface area contributed by atoms with Gasteiger partial charge in [-0.2, -0.15) is 5.26 Å². The Labute approximate surface area is 193 Å². The van der Waals surface area contributed by atoms with Crippen molar-refractivity contribution in [2.24, 2.45) is 0 Å². The van der Waals surface area contributed by atoms with Crippen molar-refractivity contribution in [3.05, 3.63) is 120 Å². The fourth-order valence-corrected chi connectivity index (χ4v) is 2.81. The lowest BCUT2D eigenvalue weighted by Gasteiger charge is -2.32. The molecule has 0 fully saturated rings. The molecule has 34 heavy (non-hydrogen) atoms. The topological polar surface area (TPSA) is 60.7 Å². The van der Waals surface area contributed by atoms with Gasteiger partial charge in [-0.15, -0.1) is 0 Å². The molecule has 0 spiro atoms. The molecule has 0 aliphatic carbocycles. The summed E-state index contributed by atoms with van der Waals surface area (Å²) < 4.78 is 64.0. The molecule has 0 saturated carbocycles. The lowest BCUT2D eigenvalue weighted by molar-refractivity contribution is -0.367. The van der Waals surface area contributed by atoms with Gasteiger partial charge in [-0.05, 0) is 97.1 Å². The number of halogens is 3. The van der Waals surface area contributed by atoms with Crippen molar-refractivity contribution in [2.75, 3.05) is 0 Å². The number of rotatable bonds is 8. The first-order valence-corrected chi connectivity index (χ1v) is 9.96. The summed E-state index contributed by atoms with van der Waals surface area (Å²) in [4.78, 5) is 0. The molecule has 4 aromatic rings. The third-order valence-electron chi connectivity index (χ3n) is 4.40. The van der Waals surface area contributed by atoms with E-state index in [-0.39, 0.29) is 23.0 Å². The molecule has 0 heterocycles. The van der Waals surface area contributed by atoms with Crippen LogP contribution >= 0.6 is 0 Å². The van der Waals surface area contributed by atoms with Crippen LogP contribution in [0.25, 0.3) is 0 Å². The molecule has 0 bridgehead atoms. The molecule has 0 saturated heterocycles.